The number of ether oxygens (including phenoxy) is 1. The Bertz CT molecular complexity index is 686. The summed E-state index contributed by atoms with van der Waals surface area (Å²) in [6, 6.07) is 14.5. The number of quaternary nitrogens is 1. The molecule has 4 nitrogen and oxygen atoms in total. The van der Waals surface area contributed by atoms with E-state index in [-0.39, 0.29) is 11.9 Å². The Labute approximate surface area is 134 Å². The lowest BCUT2D eigenvalue weighted by atomic mass is 10.0. The molecule has 0 aliphatic carbocycles. The van der Waals surface area contributed by atoms with Crippen molar-refractivity contribution in [1.82, 2.24) is 0 Å². The molecule has 2 N–H and O–H groups in total. The minimum atomic E-state index is -0.196. The topological polar surface area (TPSA) is 47.4 Å². The first-order valence-corrected chi connectivity index (χ1v) is 7.68. The molecule has 0 saturated carbocycles. The van der Waals surface area contributed by atoms with Crippen LogP contribution in [0.1, 0.15) is 17.5 Å². The SMILES string of the molecule is COc1ccc(C2=NO[C@@H](C[NH2+]Cc3cccc(F)c3)C2)cc1. The third kappa shape index (κ3) is 4.07. The summed E-state index contributed by atoms with van der Waals surface area (Å²) in [7, 11) is 1.65. The van der Waals surface area contributed by atoms with Crippen LogP contribution < -0.4 is 10.1 Å². The average molecular weight is 315 g/mol. The van der Waals surface area contributed by atoms with E-state index in [9.17, 15) is 4.39 Å². The van der Waals surface area contributed by atoms with E-state index in [0.717, 1.165) is 42.1 Å². The van der Waals surface area contributed by atoms with Crippen LogP contribution in [-0.4, -0.2) is 25.5 Å². The van der Waals surface area contributed by atoms with Crippen LogP contribution >= 0.6 is 0 Å². The average Bonchev–Trinajstić information content (AvgIpc) is 3.04. The zero-order valence-corrected chi connectivity index (χ0v) is 13.0. The monoisotopic (exact) mass is 315 g/mol. The van der Waals surface area contributed by atoms with Crippen molar-refractivity contribution in [3.05, 3.63) is 65.5 Å². The maximum Gasteiger partial charge on any atom is 0.181 e. The summed E-state index contributed by atoms with van der Waals surface area (Å²) in [5.41, 5.74) is 2.98. The van der Waals surface area contributed by atoms with Gasteiger partial charge in [-0.25, -0.2) is 4.39 Å². The second-order valence-corrected chi connectivity index (χ2v) is 5.56. The van der Waals surface area contributed by atoms with Gasteiger partial charge < -0.3 is 14.9 Å². The second kappa shape index (κ2) is 7.24. The largest absolute Gasteiger partial charge is 0.497 e. The number of benzene rings is 2. The Balaban J connectivity index is 1.47. The normalized spacial score (nSPS) is 16.8. The summed E-state index contributed by atoms with van der Waals surface area (Å²) in [6.07, 6.45) is 0.840. The number of nitrogens with zero attached hydrogens (tertiary/aromatic N) is 1. The first-order chi connectivity index (χ1) is 11.2. The van der Waals surface area contributed by atoms with Crippen molar-refractivity contribution < 1.29 is 19.3 Å². The van der Waals surface area contributed by atoms with Gasteiger partial charge >= 0.3 is 0 Å². The van der Waals surface area contributed by atoms with Crippen LogP contribution in [0.2, 0.25) is 0 Å². The second-order valence-electron chi connectivity index (χ2n) is 5.56. The minimum Gasteiger partial charge on any atom is -0.497 e. The van der Waals surface area contributed by atoms with Gasteiger partial charge in [0, 0.05) is 12.0 Å². The fraction of sp³-hybridized carbons (Fsp3) is 0.278. The summed E-state index contributed by atoms with van der Waals surface area (Å²) < 4.78 is 18.3. The molecule has 1 heterocycles. The van der Waals surface area contributed by atoms with Gasteiger partial charge in [0.15, 0.2) is 6.10 Å². The van der Waals surface area contributed by atoms with Crippen LogP contribution in [0.15, 0.2) is 53.7 Å². The molecule has 2 aromatic rings. The Morgan fingerprint density at radius 2 is 2.09 bits per heavy atom. The number of hydrogen-bond donors (Lipinski definition) is 1. The van der Waals surface area contributed by atoms with Crippen molar-refractivity contribution >= 4 is 5.71 Å². The first-order valence-electron chi connectivity index (χ1n) is 7.68. The number of methoxy groups -OCH3 is 1. The van der Waals surface area contributed by atoms with Gasteiger partial charge in [-0.3, -0.25) is 0 Å². The van der Waals surface area contributed by atoms with Crippen LogP contribution in [0.4, 0.5) is 4.39 Å². The van der Waals surface area contributed by atoms with Gasteiger partial charge in [0.25, 0.3) is 0 Å². The Kier molecular flexibility index (Phi) is 4.88. The number of hydrogen-bond acceptors (Lipinski definition) is 3. The van der Waals surface area contributed by atoms with Crippen molar-refractivity contribution in [2.75, 3.05) is 13.7 Å². The molecular formula is C18H20FN2O2+. The highest BCUT2D eigenvalue weighted by Gasteiger charge is 2.23. The van der Waals surface area contributed by atoms with Crippen molar-refractivity contribution in [1.29, 1.82) is 0 Å². The van der Waals surface area contributed by atoms with Gasteiger partial charge in [-0.15, -0.1) is 0 Å². The molecule has 23 heavy (non-hydrogen) atoms. The molecule has 1 aliphatic rings. The molecule has 5 heteroatoms. The van der Waals surface area contributed by atoms with E-state index in [1.807, 2.05) is 30.3 Å². The van der Waals surface area contributed by atoms with Crippen molar-refractivity contribution in [2.24, 2.45) is 5.16 Å². The lowest BCUT2D eigenvalue weighted by Crippen LogP contribution is -2.84. The minimum absolute atomic E-state index is 0.0562. The smallest absolute Gasteiger partial charge is 0.181 e. The molecule has 0 radical (unpaired) electrons. The van der Waals surface area contributed by atoms with E-state index < -0.39 is 0 Å². The molecule has 1 atom stereocenters. The predicted molar refractivity (Wildman–Crippen MR) is 85.9 cm³/mol. The highest BCUT2D eigenvalue weighted by molar-refractivity contribution is 6.01. The maximum atomic E-state index is 13.1. The molecule has 0 bridgehead atoms. The maximum absolute atomic E-state index is 13.1. The van der Waals surface area contributed by atoms with Crippen molar-refractivity contribution in [3.63, 3.8) is 0 Å². The third-order valence-corrected chi connectivity index (χ3v) is 3.85. The molecule has 120 valence electrons. The van der Waals surface area contributed by atoms with E-state index in [1.165, 1.54) is 6.07 Å². The van der Waals surface area contributed by atoms with E-state index in [2.05, 4.69) is 10.5 Å². The molecule has 2 aromatic carbocycles. The van der Waals surface area contributed by atoms with Gasteiger partial charge in [0.05, 0.1) is 12.8 Å². The van der Waals surface area contributed by atoms with Gasteiger partial charge in [0.1, 0.15) is 24.7 Å². The van der Waals surface area contributed by atoms with Crippen molar-refractivity contribution in [3.8, 4) is 5.75 Å². The first kappa shape index (κ1) is 15.5. The van der Waals surface area contributed by atoms with E-state index >= 15 is 0 Å². The molecule has 0 unspecified atom stereocenters. The van der Waals surface area contributed by atoms with Gasteiger partial charge in [-0.2, -0.15) is 0 Å². The predicted octanol–water partition coefficient (Wildman–Crippen LogP) is 2.09. The highest BCUT2D eigenvalue weighted by Crippen LogP contribution is 2.18. The lowest BCUT2D eigenvalue weighted by molar-refractivity contribution is -0.676. The molecule has 1 aliphatic heterocycles. The van der Waals surface area contributed by atoms with Crippen LogP contribution in [0.25, 0.3) is 0 Å². The highest BCUT2D eigenvalue weighted by atomic mass is 19.1. The van der Waals surface area contributed by atoms with Gasteiger partial charge in [-0.05, 0) is 42.0 Å². The molecule has 0 fully saturated rings. The number of rotatable bonds is 6. The zero-order valence-electron chi connectivity index (χ0n) is 13.0. The molecule has 0 amide bonds. The van der Waals surface area contributed by atoms with E-state index in [4.69, 9.17) is 9.57 Å². The number of nitrogens with two attached hydrogens (primary N) is 1. The number of oxime groups is 1. The Hall–Kier alpha value is -2.40. The molecule has 0 spiro atoms. The van der Waals surface area contributed by atoms with Crippen LogP contribution in [0.3, 0.4) is 0 Å². The summed E-state index contributed by atoms with van der Waals surface area (Å²) >= 11 is 0. The fourth-order valence-electron chi connectivity index (χ4n) is 2.61. The summed E-state index contributed by atoms with van der Waals surface area (Å²) in [5.74, 6) is 0.631. The quantitative estimate of drug-likeness (QED) is 0.887. The van der Waals surface area contributed by atoms with Gasteiger partial charge in [-0.1, -0.05) is 17.3 Å². The zero-order chi connectivity index (χ0) is 16.1. The molecule has 0 saturated heterocycles. The lowest BCUT2D eigenvalue weighted by Gasteiger charge is -2.07. The summed E-state index contributed by atoms with van der Waals surface area (Å²) in [6.45, 7) is 1.52. The third-order valence-electron chi connectivity index (χ3n) is 3.85. The van der Waals surface area contributed by atoms with Crippen molar-refractivity contribution in [2.45, 2.75) is 19.1 Å². The standard InChI is InChI=1S/C18H19FN2O2/c1-22-16-7-5-14(6-8-16)18-10-17(23-21-18)12-20-11-13-3-2-4-15(19)9-13/h2-9,17,20H,10-12H2,1H3/p+1/t17-/m1/s1. The number of halogens is 1. The molecule has 0 aromatic heterocycles. The van der Waals surface area contributed by atoms with Gasteiger partial charge in [0.2, 0.25) is 0 Å². The molecular weight excluding hydrogens is 295 g/mol. The van der Waals surface area contributed by atoms with Crippen LogP contribution in [-0.2, 0) is 11.4 Å². The fourth-order valence-corrected chi connectivity index (χ4v) is 2.61. The van der Waals surface area contributed by atoms with E-state index in [0.29, 0.717) is 0 Å². The summed E-state index contributed by atoms with van der Waals surface area (Å²) in [5, 5.41) is 6.30. The van der Waals surface area contributed by atoms with Crippen LogP contribution in [0, 0.1) is 5.82 Å². The van der Waals surface area contributed by atoms with E-state index in [1.54, 1.807) is 19.2 Å². The Morgan fingerprint density at radius 1 is 1.26 bits per heavy atom. The Morgan fingerprint density at radius 3 is 2.83 bits per heavy atom. The summed E-state index contributed by atoms with van der Waals surface area (Å²) in [4.78, 5) is 5.49. The van der Waals surface area contributed by atoms with Crippen LogP contribution in [0.5, 0.6) is 5.75 Å². The molecule has 3 rings (SSSR count).